The number of nitrogens with one attached hydrogen (secondary N) is 1. The molecular weight excluding hydrogens is 747 g/mol. The number of imidazole rings is 1. The maximum atomic E-state index is 12.5. The Morgan fingerprint density at radius 1 is 0.717 bits per heavy atom. The van der Waals surface area contributed by atoms with Gasteiger partial charge in [0, 0.05) is 93.5 Å². The summed E-state index contributed by atoms with van der Waals surface area (Å²) in [6, 6.07) is 19.5. The predicted octanol–water partition coefficient (Wildman–Crippen LogP) is 9.67. The smallest absolute Gasteiger partial charge is 0.303 e. The van der Waals surface area contributed by atoms with Gasteiger partial charge >= 0.3 is 5.97 Å². The molecule has 0 aliphatic carbocycles. The minimum atomic E-state index is -0.714. The van der Waals surface area contributed by atoms with Crippen LogP contribution in [0.5, 0.6) is 0 Å². The van der Waals surface area contributed by atoms with Crippen LogP contribution < -0.4 is 14.5 Å². The van der Waals surface area contributed by atoms with Gasteiger partial charge in [-0.3, -0.25) is 14.6 Å². The third kappa shape index (κ3) is 15.7. The summed E-state index contributed by atoms with van der Waals surface area (Å²) in [7, 11) is 0. The first-order valence-electron chi connectivity index (χ1n) is 22.6. The monoisotopic (exact) mass is 816 g/mol. The van der Waals surface area contributed by atoms with Crippen LogP contribution in [-0.4, -0.2) is 43.0 Å². The highest BCUT2D eigenvalue weighted by molar-refractivity contribution is 5.75. The summed E-state index contributed by atoms with van der Waals surface area (Å²) < 4.78 is 6.68. The maximum Gasteiger partial charge on any atom is 0.303 e. The number of unbranched alkanes of at least 4 members (excludes halogenated alkanes) is 7. The normalized spacial score (nSPS) is 12.8. The molecule has 0 spiro atoms. The highest BCUT2D eigenvalue weighted by Crippen LogP contribution is 2.38. The quantitative estimate of drug-likeness (QED) is 0.0384. The van der Waals surface area contributed by atoms with Crippen LogP contribution in [0.15, 0.2) is 104 Å². The van der Waals surface area contributed by atoms with Crippen molar-refractivity contribution in [1.29, 1.82) is 0 Å². The van der Waals surface area contributed by atoms with Crippen LogP contribution >= 0.6 is 0 Å². The van der Waals surface area contributed by atoms with Crippen LogP contribution in [0.2, 0.25) is 0 Å². The summed E-state index contributed by atoms with van der Waals surface area (Å²) in [5, 5.41) is 12.0. The number of aromatic nitrogens is 6. The largest absolute Gasteiger partial charge is 0.481 e. The molecule has 2 N–H and O–H groups in total. The standard InChI is InChI=1S/C50H67N7O3/c1-4-42(39-46(44-20-27-51-28-21-44)38-40(2)43-22-33-55(34-23-43)31-13-8-10-19-49(59)60)45-24-35-56(36-25-45)30-12-7-9-18-48(58)52-26-11-5-6-14-32-57-37-29-53-50(57)47-17-15-16-41(3)54-47/h15-17,20-25,27-29,33-37,40,42,46H,4-14,18-19,26,30-32,38-39H2,1-3H3/p+2. The van der Waals surface area contributed by atoms with E-state index in [4.69, 9.17) is 5.11 Å². The number of carboxylic acid groups (broad SMARTS) is 1. The molecule has 5 heterocycles. The second-order valence-corrected chi connectivity index (χ2v) is 16.6. The Morgan fingerprint density at radius 2 is 1.35 bits per heavy atom. The lowest BCUT2D eigenvalue weighted by Gasteiger charge is -2.26. The second kappa shape index (κ2) is 25.4. The molecule has 5 aromatic rings. The van der Waals surface area contributed by atoms with Gasteiger partial charge in [0.25, 0.3) is 0 Å². The molecule has 60 heavy (non-hydrogen) atoms. The van der Waals surface area contributed by atoms with Gasteiger partial charge in [0.2, 0.25) is 5.91 Å². The van der Waals surface area contributed by atoms with E-state index in [1.807, 2.05) is 49.9 Å². The number of carboxylic acids is 1. The number of aryl methyl sites for hydroxylation is 4. The molecule has 10 nitrogen and oxygen atoms in total. The minimum absolute atomic E-state index is 0.168. The lowest BCUT2D eigenvalue weighted by Crippen LogP contribution is -2.32. The number of carbonyl (C=O) groups is 2. The first kappa shape index (κ1) is 45.8. The topological polar surface area (TPSA) is 118 Å². The number of rotatable bonds is 28. The van der Waals surface area contributed by atoms with Gasteiger partial charge in [-0.15, -0.1) is 0 Å². The third-order valence-electron chi connectivity index (χ3n) is 11.9. The van der Waals surface area contributed by atoms with Crippen LogP contribution in [0.1, 0.15) is 150 Å². The van der Waals surface area contributed by atoms with E-state index < -0.39 is 5.97 Å². The fraction of sp³-hybridized carbons (Fsp3) is 0.500. The Morgan fingerprint density at radius 3 is 2.02 bits per heavy atom. The van der Waals surface area contributed by atoms with Crippen LogP contribution in [0, 0.1) is 6.92 Å². The average Bonchev–Trinajstić information content (AvgIpc) is 3.74. The maximum absolute atomic E-state index is 12.5. The van der Waals surface area contributed by atoms with Crippen molar-refractivity contribution in [2.45, 2.75) is 154 Å². The Hall–Kier alpha value is -5.25. The number of carbonyl (C=O) groups excluding carboxylic acids is 1. The van der Waals surface area contributed by atoms with Crippen molar-refractivity contribution >= 4 is 11.9 Å². The van der Waals surface area contributed by atoms with Gasteiger partial charge in [-0.2, -0.15) is 0 Å². The van der Waals surface area contributed by atoms with Gasteiger partial charge in [-0.25, -0.2) is 19.1 Å². The van der Waals surface area contributed by atoms with Gasteiger partial charge in [-0.05, 0) is 123 Å². The number of nitrogens with zero attached hydrogens (tertiary/aromatic N) is 6. The van der Waals surface area contributed by atoms with E-state index >= 15 is 0 Å². The molecule has 0 saturated carbocycles. The van der Waals surface area contributed by atoms with Crippen molar-refractivity contribution in [3.8, 4) is 11.5 Å². The SMILES string of the molecule is CCC(CC(CC(C)c1cc[n+](CCCCCC(=O)O)cc1)c1ccncc1)c1cc[n+](CCCCCC(=O)NCCCCCCn2ccnc2-c2cccc(C)n2)cc1. The first-order chi connectivity index (χ1) is 29.3. The first-order valence-corrected chi connectivity index (χ1v) is 22.6. The Labute approximate surface area is 358 Å². The lowest BCUT2D eigenvalue weighted by atomic mass is 9.79. The van der Waals surface area contributed by atoms with Crippen molar-refractivity contribution in [3.05, 3.63) is 127 Å². The van der Waals surface area contributed by atoms with Gasteiger partial charge in [-0.1, -0.05) is 32.8 Å². The van der Waals surface area contributed by atoms with E-state index in [-0.39, 0.29) is 12.3 Å². The molecule has 0 aliphatic rings. The number of pyridine rings is 4. The molecule has 3 unspecified atom stereocenters. The summed E-state index contributed by atoms with van der Waals surface area (Å²) in [6.45, 7) is 10.2. The number of aliphatic carboxylic acids is 1. The fourth-order valence-corrected chi connectivity index (χ4v) is 8.26. The summed E-state index contributed by atoms with van der Waals surface area (Å²) in [5.41, 5.74) is 6.01. The van der Waals surface area contributed by atoms with E-state index in [9.17, 15) is 9.59 Å². The zero-order chi connectivity index (χ0) is 42.4. The minimum Gasteiger partial charge on any atom is -0.481 e. The number of amides is 1. The van der Waals surface area contributed by atoms with E-state index in [2.05, 4.69) is 109 Å². The zero-order valence-corrected chi connectivity index (χ0v) is 36.4. The lowest BCUT2D eigenvalue weighted by molar-refractivity contribution is -0.697. The number of hydrogen-bond donors (Lipinski definition) is 2. The molecular formula is C50H69N7O3+2. The van der Waals surface area contributed by atoms with E-state index in [1.54, 1.807) is 0 Å². The zero-order valence-electron chi connectivity index (χ0n) is 36.4. The predicted molar refractivity (Wildman–Crippen MR) is 237 cm³/mol. The van der Waals surface area contributed by atoms with E-state index in [0.29, 0.717) is 24.2 Å². The van der Waals surface area contributed by atoms with E-state index in [0.717, 1.165) is 127 Å². The van der Waals surface area contributed by atoms with Crippen molar-refractivity contribution in [1.82, 2.24) is 24.8 Å². The highest BCUT2D eigenvalue weighted by atomic mass is 16.4. The van der Waals surface area contributed by atoms with Gasteiger partial charge < -0.3 is 15.0 Å². The fourth-order valence-electron chi connectivity index (χ4n) is 8.26. The van der Waals surface area contributed by atoms with Crippen molar-refractivity contribution in [2.75, 3.05) is 6.54 Å². The van der Waals surface area contributed by atoms with Crippen molar-refractivity contribution < 1.29 is 23.8 Å². The molecule has 5 rings (SSSR count). The summed E-state index contributed by atoms with van der Waals surface area (Å²) in [4.78, 5) is 36.7. The van der Waals surface area contributed by atoms with Crippen molar-refractivity contribution in [2.24, 2.45) is 0 Å². The summed E-state index contributed by atoms with van der Waals surface area (Å²) in [6.07, 6.45) is 30.6. The third-order valence-corrected chi connectivity index (χ3v) is 11.9. The molecule has 10 heteroatoms. The summed E-state index contributed by atoms with van der Waals surface area (Å²) >= 11 is 0. The van der Waals surface area contributed by atoms with Crippen LogP contribution in [-0.2, 0) is 29.2 Å². The average molecular weight is 816 g/mol. The van der Waals surface area contributed by atoms with Gasteiger partial charge in [0.05, 0.1) is 0 Å². The molecule has 3 atom stereocenters. The molecule has 0 radical (unpaired) electrons. The molecule has 0 aromatic carbocycles. The molecule has 5 aromatic heterocycles. The highest BCUT2D eigenvalue weighted by Gasteiger charge is 2.23. The second-order valence-electron chi connectivity index (χ2n) is 16.6. The van der Waals surface area contributed by atoms with Gasteiger partial charge in [0.1, 0.15) is 18.8 Å². The molecule has 0 fully saturated rings. The Bertz CT molecular complexity index is 1980. The molecule has 1 amide bonds. The van der Waals surface area contributed by atoms with E-state index in [1.165, 1.54) is 16.7 Å². The van der Waals surface area contributed by atoms with Crippen LogP contribution in [0.3, 0.4) is 0 Å². The molecule has 0 saturated heterocycles. The van der Waals surface area contributed by atoms with Crippen LogP contribution in [0.25, 0.3) is 11.5 Å². The Kier molecular flexibility index (Phi) is 19.4. The molecule has 320 valence electrons. The van der Waals surface area contributed by atoms with Crippen molar-refractivity contribution in [3.63, 3.8) is 0 Å². The van der Waals surface area contributed by atoms with Gasteiger partial charge in [0.15, 0.2) is 30.6 Å². The van der Waals surface area contributed by atoms with Crippen LogP contribution in [0.4, 0.5) is 0 Å². The Balaban J connectivity index is 0.971. The molecule has 0 bridgehead atoms. The number of hydrogen-bond acceptors (Lipinski definition) is 5. The molecule has 0 aliphatic heterocycles. The summed E-state index contributed by atoms with van der Waals surface area (Å²) in [5.74, 6) is 1.65.